The molecule has 1 aliphatic carbocycles. The minimum absolute atomic E-state index is 0.00238. The maximum atomic E-state index is 12.6. The molecule has 0 aliphatic heterocycles. The molecular weight excluding hydrogens is 496 g/mol. The molecule has 0 atom stereocenters. The van der Waals surface area contributed by atoms with Gasteiger partial charge in [-0.15, -0.1) is 0 Å². The maximum absolute atomic E-state index is 12.6. The van der Waals surface area contributed by atoms with Gasteiger partial charge in [-0.3, -0.25) is 9.11 Å². The Morgan fingerprint density at radius 2 is 1.17 bits per heavy atom. The molecule has 0 saturated carbocycles. The molecule has 36 heavy (non-hydrogen) atoms. The summed E-state index contributed by atoms with van der Waals surface area (Å²) in [6.07, 6.45) is 10.5. The van der Waals surface area contributed by atoms with Crippen LogP contribution in [0.25, 0.3) is 17.7 Å². The average Bonchev–Trinajstić information content (AvgIpc) is 2.87. The Morgan fingerprint density at radius 3 is 1.67 bits per heavy atom. The van der Waals surface area contributed by atoms with Crippen LogP contribution in [-0.2, 0) is 20.2 Å². The molecule has 2 N–H and O–H groups in total. The van der Waals surface area contributed by atoms with Gasteiger partial charge in [0.25, 0.3) is 20.2 Å². The van der Waals surface area contributed by atoms with Crippen LogP contribution in [-0.4, -0.2) is 25.9 Å². The molecule has 1 aliphatic rings. The maximum Gasteiger partial charge on any atom is 0.295 e. The Kier molecular flexibility index (Phi) is 7.23. The number of rotatable bonds is 7. The second-order valence-electron chi connectivity index (χ2n) is 8.39. The van der Waals surface area contributed by atoms with Crippen molar-refractivity contribution in [2.75, 3.05) is 0 Å². The summed E-state index contributed by atoms with van der Waals surface area (Å²) in [5.74, 6) is 0. The first kappa shape index (κ1) is 25.5. The molecule has 184 valence electrons. The lowest BCUT2D eigenvalue weighted by Gasteiger charge is -2.30. The topological polar surface area (TPSA) is 109 Å². The molecule has 0 amide bonds. The Morgan fingerprint density at radius 1 is 0.667 bits per heavy atom. The quantitative estimate of drug-likeness (QED) is 0.375. The SMILES string of the molecule is O=S(=O)(O)C1=C(c2ccccc2S(=O)(=O)O)C=CC(C=Cc2ccccc2)(C=Cc2ccccc2)C1. The van der Waals surface area contributed by atoms with Gasteiger partial charge in [0.2, 0.25) is 0 Å². The van der Waals surface area contributed by atoms with Gasteiger partial charge in [-0.05, 0) is 22.8 Å². The fraction of sp³-hybridized carbons (Fsp3) is 0.0714. The van der Waals surface area contributed by atoms with E-state index in [9.17, 15) is 25.9 Å². The van der Waals surface area contributed by atoms with Crippen LogP contribution >= 0.6 is 0 Å². The molecule has 4 rings (SSSR count). The summed E-state index contributed by atoms with van der Waals surface area (Å²) >= 11 is 0. The number of allylic oxidation sites excluding steroid dienone is 6. The van der Waals surface area contributed by atoms with Crippen molar-refractivity contribution in [2.45, 2.75) is 11.3 Å². The van der Waals surface area contributed by atoms with E-state index < -0.39 is 30.5 Å². The molecule has 0 bridgehead atoms. The highest BCUT2D eigenvalue weighted by Gasteiger charge is 2.34. The van der Waals surface area contributed by atoms with Gasteiger partial charge < -0.3 is 0 Å². The molecule has 0 saturated heterocycles. The number of benzene rings is 3. The van der Waals surface area contributed by atoms with E-state index in [1.54, 1.807) is 6.08 Å². The lowest BCUT2D eigenvalue weighted by Crippen LogP contribution is -2.21. The summed E-state index contributed by atoms with van der Waals surface area (Å²) in [6, 6.07) is 24.5. The van der Waals surface area contributed by atoms with E-state index in [0.29, 0.717) is 0 Å². The first-order chi connectivity index (χ1) is 17.1. The predicted molar refractivity (Wildman–Crippen MR) is 142 cm³/mol. The molecule has 0 aromatic heterocycles. The molecular formula is C28H24O6S2. The standard InChI is InChI=1S/C28H24O6S2/c29-35(30,31)26-14-8-7-13-24(26)25-17-20-28(21-27(25)36(32,33)34,18-15-22-9-3-1-4-10-22)19-16-23-11-5-2-6-12-23/h1-20H,21H2,(H,29,30,31)(H,32,33,34). The van der Waals surface area contributed by atoms with Gasteiger partial charge >= 0.3 is 0 Å². The summed E-state index contributed by atoms with van der Waals surface area (Å²) < 4.78 is 69.0. The minimum atomic E-state index is -4.74. The highest BCUT2D eigenvalue weighted by Crippen LogP contribution is 2.44. The van der Waals surface area contributed by atoms with Crippen molar-refractivity contribution in [1.82, 2.24) is 0 Å². The molecule has 3 aromatic rings. The van der Waals surface area contributed by atoms with E-state index in [4.69, 9.17) is 0 Å². The van der Waals surface area contributed by atoms with Crippen molar-refractivity contribution in [3.8, 4) is 0 Å². The molecule has 8 heteroatoms. The molecule has 0 fully saturated rings. The van der Waals surface area contributed by atoms with E-state index in [1.807, 2.05) is 85.0 Å². The zero-order valence-electron chi connectivity index (χ0n) is 19.1. The average molecular weight is 521 g/mol. The molecule has 0 radical (unpaired) electrons. The van der Waals surface area contributed by atoms with Crippen LogP contribution < -0.4 is 0 Å². The number of hydrogen-bond donors (Lipinski definition) is 2. The molecule has 0 spiro atoms. The van der Waals surface area contributed by atoms with Crippen LogP contribution in [0.15, 0.2) is 119 Å². The predicted octanol–water partition coefficient (Wildman–Crippen LogP) is 5.91. The lowest BCUT2D eigenvalue weighted by molar-refractivity contribution is 0.480. The third kappa shape index (κ3) is 5.98. The van der Waals surface area contributed by atoms with Gasteiger partial charge in [0.15, 0.2) is 0 Å². The highest BCUT2D eigenvalue weighted by molar-refractivity contribution is 7.90. The fourth-order valence-corrected chi connectivity index (χ4v) is 5.66. The molecule has 3 aromatic carbocycles. The smallest absolute Gasteiger partial charge is 0.282 e. The first-order valence-corrected chi connectivity index (χ1v) is 13.9. The van der Waals surface area contributed by atoms with Gasteiger partial charge in [0.1, 0.15) is 4.90 Å². The largest absolute Gasteiger partial charge is 0.295 e. The summed E-state index contributed by atoms with van der Waals surface area (Å²) in [5, 5.41) is 0. The van der Waals surface area contributed by atoms with E-state index in [2.05, 4.69) is 0 Å². The number of hydrogen-bond acceptors (Lipinski definition) is 4. The normalized spacial score (nSPS) is 18.8. The van der Waals surface area contributed by atoms with Crippen LogP contribution in [0.4, 0.5) is 0 Å². The summed E-state index contributed by atoms with van der Waals surface area (Å²) in [6.45, 7) is 0. The van der Waals surface area contributed by atoms with Gasteiger partial charge in [-0.2, -0.15) is 16.8 Å². The minimum Gasteiger partial charge on any atom is -0.282 e. The Bertz CT molecular complexity index is 1530. The Labute approximate surface area is 211 Å². The summed E-state index contributed by atoms with van der Waals surface area (Å²) in [5.41, 5.74) is 0.837. The van der Waals surface area contributed by atoms with Gasteiger partial charge in [0.05, 0.1) is 4.91 Å². The van der Waals surface area contributed by atoms with E-state index in [-0.39, 0.29) is 22.5 Å². The summed E-state index contributed by atoms with van der Waals surface area (Å²) in [7, 11) is -9.38. The van der Waals surface area contributed by atoms with Crippen molar-refractivity contribution in [3.63, 3.8) is 0 Å². The second-order valence-corrected chi connectivity index (χ2v) is 11.2. The van der Waals surface area contributed by atoms with E-state index in [0.717, 1.165) is 11.1 Å². The van der Waals surface area contributed by atoms with Crippen LogP contribution in [0.2, 0.25) is 0 Å². The second kappa shape index (κ2) is 10.2. The molecule has 6 nitrogen and oxygen atoms in total. The lowest BCUT2D eigenvalue weighted by atomic mass is 9.77. The van der Waals surface area contributed by atoms with Crippen molar-refractivity contribution in [3.05, 3.63) is 131 Å². The van der Waals surface area contributed by atoms with E-state index >= 15 is 0 Å². The van der Waals surface area contributed by atoms with Crippen LogP contribution in [0.5, 0.6) is 0 Å². The van der Waals surface area contributed by atoms with Crippen molar-refractivity contribution in [1.29, 1.82) is 0 Å². The van der Waals surface area contributed by atoms with Gasteiger partial charge in [-0.1, -0.05) is 115 Å². The van der Waals surface area contributed by atoms with Gasteiger partial charge in [-0.25, -0.2) is 0 Å². The van der Waals surface area contributed by atoms with Crippen molar-refractivity contribution >= 4 is 38.0 Å². The zero-order valence-corrected chi connectivity index (χ0v) is 20.7. The van der Waals surface area contributed by atoms with Crippen molar-refractivity contribution < 1.29 is 25.9 Å². The van der Waals surface area contributed by atoms with Crippen LogP contribution in [0.3, 0.4) is 0 Å². The Balaban J connectivity index is 1.88. The summed E-state index contributed by atoms with van der Waals surface area (Å²) in [4.78, 5) is -0.797. The monoisotopic (exact) mass is 520 g/mol. The zero-order chi connectivity index (χ0) is 25.8. The first-order valence-electron chi connectivity index (χ1n) is 11.0. The van der Waals surface area contributed by atoms with Crippen LogP contribution in [0.1, 0.15) is 23.1 Å². The van der Waals surface area contributed by atoms with E-state index in [1.165, 1.54) is 30.3 Å². The molecule has 0 heterocycles. The fourth-order valence-electron chi connectivity index (χ4n) is 4.06. The van der Waals surface area contributed by atoms with Crippen molar-refractivity contribution in [2.24, 2.45) is 5.41 Å². The Hall–Kier alpha value is -3.56. The third-order valence-electron chi connectivity index (χ3n) is 5.87. The molecule has 0 unspecified atom stereocenters. The van der Waals surface area contributed by atoms with Gasteiger partial charge in [0, 0.05) is 17.4 Å². The third-order valence-corrected chi connectivity index (χ3v) is 7.76. The highest BCUT2D eigenvalue weighted by atomic mass is 32.2. The van der Waals surface area contributed by atoms with Crippen LogP contribution in [0, 0.1) is 5.41 Å².